The third kappa shape index (κ3) is 3.28. The molecule has 1 aromatic carbocycles. The molecule has 7 nitrogen and oxygen atoms in total. The molecule has 0 saturated carbocycles. The van der Waals surface area contributed by atoms with Crippen molar-refractivity contribution in [3.8, 4) is 5.75 Å². The number of carbonyl (C=O) groups excluding carboxylic acids is 1. The smallest absolute Gasteiger partial charge is 0.293 e. The fourth-order valence-corrected chi connectivity index (χ4v) is 4.27. The predicted molar refractivity (Wildman–Crippen MR) is 105 cm³/mol. The van der Waals surface area contributed by atoms with Crippen molar-refractivity contribution >= 4 is 44.5 Å². The van der Waals surface area contributed by atoms with Gasteiger partial charge in [-0.2, -0.15) is 0 Å². The summed E-state index contributed by atoms with van der Waals surface area (Å²) in [6, 6.07) is 5.58. The lowest BCUT2D eigenvalue weighted by Crippen LogP contribution is -2.36. The number of ether oxygens (including phenoxy) is 1. The van der Waals surface area contributed by atoms with Crippen molar-refractivity contribution in [3.05, 3.63) is 46.5 Å². The average Bonchev–Trinajstić information content (AvgIpc) is 2.63. The first kappa shape index (κ1) is 17.3. The summed E-state index contributed by atoms with van der Waals surface area (Å²) in [6.07, 6.45) is 4.74. The number of hydrogen-bond acceptors (Lipinski definition) is 7. The summed E-state index contributed by atoms with van der Waals surface area (Å²) >= 11 is 4.82. The quantitative estimate of drug-likeness (QED) is 0.754. The predicted octanol–water partition coefficient (Wildman–Crippen LogP) is 2.92. The van der Waals surface area contributed by atoms with E-state index >= 15 is 0 Å². The number of hydrogen-bond donors (Lipinski definition) is 2. The molecular formula is C17H16BrN5O2S. The van der Waals surface area contributed by atoms with Crippen LogP contribution in [0, 0.1) is 0 Å². The summed E-state index contributed by atoms with van der Waals surface area (Å²) in [6.45, 7) is 0.604. The third-order valence-electron chi connectivity index (χ3n) is 4.43. The molecule has 0 saturated heterocycles. The molecule has 1 spiro atoms. The zero-order valence-corrected chi connectivity index (χ0v) is 16.1. The second kappa shape index (κ2) is 6.88. The molecule has 4 rings (SSSR count). The van der Waals surface area contributed by atoms with Gasteiger partial charge in [0.1, 0.15) is 5.75 Å². The molecule has 2 aliphatic rings. The Balaban J connectivity index is 1.65. The Kier molecular flexibility index (Phi) is 4.58. The second-order valence-corrected chi connectivity index (χ2v) is 8.10. The van der Waals surface area contributed by atoms with E-state index in [1.165, 1.54) is 12.4 Å². The molecule has 3 N–H and O–H groups in total. The van der Waals surface area contributed by atoms with E-state index in [-0.39, 0.29) is 17.3 Å². The molecule has 0 bridgehead atoms. The Morgan fingerprint density at radius 1 is 1.31 bits per heavy atom. The van der Waals surface area contributed by atoms with Crippen LogP contribution in [0.15, 0.2) is 40.1 Å². The number of amides is 1. The number of halogens is 1. The molecule has 1 aromatic heterocycles. The Bertz CT molecular complexity index is 889. The van der Waals surface area contributed by atoms with Crippen molar-refractivity contribution in [3.63, 3.8) is 0 Å². The number of carbonyl (C=O) groups is 1. The highest BCUT2D eigenvalue weighted by atomic mass is 79.9. The topological polar surface area (TPSA) is 102 Å². The number of benzene rings is 1. The number of anilines is 1. The maximum atomic E-state index is 12.4. The number of nitrogens with zero attached hydrogens (tertiary/aromatic N) is 3. The Morgan fingerprint density at radius 3 is 2.88 bits per heavy atom. The summed E-state index contributed by atoms with van der Waals surface area (Å²) in [4.78, 5) is 25.2. The number of aromatic nitrogens is 2. The number of fused-ring (bicyclic) bond motifs is 2. The first-order chi connectivity index (χ1) is 12.6. The highest BCUT2D eigenvalue weighted by Crippen LogP contribution is 2.46. The van der Waals surface area contributed by atoms with Crippen LogP contribution in [0.2, 0.25) is 0 Å². The summed E-state index contributed by atoms with van der Waals surface area (Å²) in [5.74, 6) is 1.44. The van der Waals surface area contributed by atoms with E-state index in [2.05, 4.69) is 31.2 Å². The van der Waals surface area contributed by atoms with Crippen LogP contribution in [0.25, 0.3) is 0 Å². The van der Waals surface area contributed by atoms with Crippen LogP contribution in [0.4, 0.5) is 5.69 Å². The molecule has 26 heavy (non-hydrogen) atoms. The van der Waals surface area contributed by atoms with E-state index in [4.69, 9.17) is 15.5 Å². The van der Waals surface area contributed by atoms with Gasteiger partial charge in [0, 0.05) is 35.8 Å². The Morgan fingerprint density at radius 2 is 2.12 bits per heavy atom. The summed E-state index contributed by atoms with van der Waals surface area (Å²) in [5, 5.41) is 3.44. The molecule has 3 heterocycles. The van der Waals surface area contributed by atoms with E-state index in [1.807, 2.05) is 12.1 Å². The van der Waals surface area contributed by atoms with Crippen LogP contribution in [-0.4, -0.2) is 33.4 Å². The van der Waals surface area contributed by atoms with Crippen LogP contribution in [0.5, 0.6) is 5.75 Å². The molecule has 1 atom stereocenters. The monoisotopic (exact) mass is 433 g/mol. The lowest BCUT2D eigenvalue weighted by molar-refractivity contribution is 0.101. The van der Waals surface area contributed by atoms with Crippen LogP contribution in [0.3, 0.4) is 0 Å². The number of nitrogens with two attached hydrogens (primary N) is 1. The minimum absolute atomic E-state index is 0.105. The third-order valence-corrected chi connectivity index (χ3v) is 5.63. The van der Waals surface area contributed by atoms with Gasteiger partial charge in [0.2, 0.25) is 5.82 Å². The Labute approximate surface area is 163 Å². The Hall–Kier alpha value is -2.13. The first-order valence-corrected chi connectivity index (χ1v) is 9.88. The normalized spacial score (nSPS) is 21.5. The maximum absolute atomic E-state index is 12.4. The van der Waals surface area contributed by atoms with E-state index < -0.39 is 0 Å². The van der Waals surface area contributed by atoms with Gasteiger partial charge >= 0.3 is 0 Å². The number of nitrogens with one attached hydrogen (secondary N) is 1. The standard InChI is InChI=1S/C17H16BrN5O2S/c18-10-8-20-14(21-9-10)15(24)22-11-1-2-13-12(7-11)17(3-5-25-13)4-6-26-16(19)23-17/h1-2,7-9H,3-6H2,(H2,19,23)(H,22,24). The van der Waals surface area contributed by atoms with Crippen molar-refractivity contribution in [2.45, 2.75) is 18.4 Å². The van der Waals surface area contributed by atoms with Gasteiger partial charge in [0.15, 0.2) is 5.17 Å². The van der Waals surface area contributed by atoms with Crippen LogP contribution in [0.1, 0.15) is 29.0 Å². The summed E-state index contributed by atoms with van der Waals surface area (Å²) < 4.78 is 6.50. The van der Waals surface area contributed by atoms with Gasteiger partial charge < -0.3 is 15.8 Å². The van der Waals surface area contributed by atoms with Gasteiger partial charge in [-0.15, -0.1) is 0 Å². The zero-order valence-electron chi connectivity index (χ0n) is 13.7. The van der Waals surface area contributed by atoms with E-state index in [0.717, 1.165) is 29.9 Å². The van der Waals surface area contributed by atoms with Crippen molar-refractivity contribution in [1.29, 1.82) is 0 Å². The molecule has 9 heteroatoms. The van der Waals surface area contributed by atoms with Crippen molar-refractivity contribution in [2.24, 2.45) is 10.7 Å². The number of thioether (sulfide) groups is 1. The highest BCUT2D eigenvalue weighted by Gasteiger charge is 2.39. The highest BCUT2D eigenvalue weighted by molar-refractivity contribution is 9.10. The second-order valence-electron chi connectivity index (χ2n) is 6.07. The summed E-state index contributed by atoms with van der Waals surface area (Å²) in [7, 11) is 0. The first-order valence-electron chi connectivity index (χ1n) is 8.10. The molecular weight excluding hydrogens is 418 g/mol. The van der Waals surface area contributed by atoms with E-state index in [1.54, 1.807) is 17.8 Å². The largest absolute Gasteiger partial charge is 0.493 e. The van der Waals surface area contributed by atoms with E-state index in [0.29, 0.717) is 21.9 Å². The molecule has 0 aliphatic carbocycles. The fraction of sp³-hybridized carbons (Fsp3) is 0.294. The number of aliphatic imine (C=N–C) groups is 1. The average molecular weight is 434 g/mol. The van der Waals surface area contributed by atoms with Gasteiger partial charge in [0.05, 0.1) is 16.6 Å². The van der Waals surface area contributed by atoms with Crippen molar-refractivity contribution in [1.82, 2.24) is 9.97 Å². The molecule has 0 fully saturated rings. The fourth-order valence-electron chi connectivity index (χ4n) is 3.18. The zero-order chi connectivity index (χ0) is 18.1. The summed E-state index contributed by atoms with van der Waals surface area (Å²) in [5.41, 5.74) is 7.22. The lowest BCUT2D eigenvalue weighted by Gasteiger charge is -2.38. The van der Waals surface area contributed by atoms with Crippen molar-refractivity contribution in [2.75, 3.05) is 17.7 Å². The van der Waals surface area contributed by atoms with Gasteiger partial charge in [-0.3, -0.25) is 9.79 Å². The maximum Gasteiger partial charge on any atom is 0.293 e. The van der Waals surface area contributed by atoms with Gasteiger partial charge in [-0.05, 0) is 40.5 Å². The van der Waals surface area contributed by atoms with Gasteiger partial charge in [-0.1, -0.05) is 11.8 Å². The molecule has 1 amide bonds. The molecule has 2 aromatic rings. The van der Waals surface area contributed by atoms with Crippen molar-refractivity contribution < 1.29 is 9.53 Å². The van der Waals surface area contributed by atoms with Gasteiger partial charge in [-0.25, -0.2) is 9.97 Å². The lowest BCUT2D eigenvalue weighted by atomic mass is 9.82. The minimum Gasteiger partial charge on any atom is -0.493 e. The minimum atomic E-state index is -0.377. The molecule has 2 aliphatic heterocycles. The van der Waals surface area contributed by atoms with Gasteiger partial charge in [0.25, 0.3) is 5.91 Å². The number of amidine groups is 1. The molecule has 1 unspecified atom stereocenters. The molecule has 0 radical (unpaired) electrons. The number of rotatable bonds is 2. The van der Waals surface area contributed by atoms with Crippen LogP contribution in [-0.2, 0) is 5.54 Å². The van der Waals surface area contributed by atoms with E-state index in [9.17, 15) is 4.79 Å². The van der Waals surface area contributed by atoms with Crippen LogP contribution >= 0.6 is 27.7 Å². The molecule has 134 valence electrons. The van der Waals surface area contributed by atoms with Crippen LogP contribution < -0.4 is 15.8 Å². The SMILES string of the molecule is NC1=NC2(CCOc3ccc(NC(=O)c4ncc(Br)cn4)cc32)CCS1.